The minimum atomic E-state index is -0.294. The van der Waals surface area contributed by atoms with Gasteiger partial charge < -0.3 is 9.47 Å². The molecule has 23 heavy (non-hydrogen) atoms. The van der Waals surface area contributed by atoms with E-state index in [1.165, 1.54) is 0 Å². The third-order valence-electron chi connectivity index (χ3n) is 5.86. The van der Waals surface area contributed by atoms with Gasteiger partial charge in [0.1, 0.15) is 5.78 Å². The van der Waals surface area contributed by atoms with Crippen LogP contribution in [-0.2, 0) is 19.1 Å². The highest BCUT2D eigenvalue weighted by Crippen LogP contribution is 2.55. The van der Waals surface area contributed by atoms with Crippen LogP contribution >= 0.6 is 0 Å². The summed E-state index contributed by atoms with van der Waals surface area (Å²) in [6.45, 7) is 5.17. The highest BCUT2D eigenvalue weighted by Gasteiger charge is 2.68. The number of carbonyl (C=O) groups excluding carboxylic acids is 2. The number of allylic oxidation sites excluding steroid dienone is 1. The van der Waals surface area contributed by atoms with Gasteiger partial charge >= 0.3 is 5.97 Å². The standard InChI is InChI=1S/C18H27NO4/c1-4-6-8-18-13-7-9-19(18)14(11-15(18)22-3)12(17(13)21)10-16(20)23-5-2/h6,8,12-15H,4-5,7,9-11H2,1-3H3/b8-6+/t12-,13+,14+,15+,18+/m1/s1. The van der Waals surface area contributed by atoms with Gasteiger partial charge in [-0.1, -0.05) is 19.1 Å². The van der Waals surface area contributed by atoms with E-state index in [4.69, 9.17) is 9.47 Å². The van der Waals surface area contributed by atoms with Crippen molar-refractivity contribution in [2.24, 2.45) is 11.8 Å². The smallest absolute Gasteiger partial charge is 0.306 e. The van der Waals surface area contributed by atoms with Gasteiger partial charge in [-0.05, 0) is 26.2 Å². The molecular formula is C18H27NO4. The van der Waals surface area contributed by atoms with Crippen LogP contribution in [0.2, 0.25) is 0 Å². The molecule has 0 amide bonds. The fraction of sp³-hybridized carbons (Fsp3) is 0.778. The Balaban J connectivity index is 1.92. The number of esters is 1. The van der Waals surface area contributed by atoms with Crippen molar-refractivity contribution in [3.8, 4) is 0 Å². The van der Waals surface area contributed by atoms with Gasteiger partial charge in [-0.25, -0.2) is 0 Å². The number of carbonyl (C=O) groups is 2. The van der Waals surface area contributed by atoms with Crippen molar-refractivity contribution >= 4 is 11.8 Å². The van der Waals surface area contributed by atoms with E-state index in [0.29, 0.717) is 6.61 Å². The number of ketones is 1. The van der Waals surface area contributed by atoms with Crippen LogP contribution < -0.4 is 0 Å². The van der Waals surface area contributed by atoms with Crippen molar-refractivity contribution in [1.29, 1.82) is 0 Å². The predicted molar refractivity (Wildman–Crippen MR) is 85.9 cm³/mol. The lowest BCUT2D eigenvalue weighted by atomic mass is 9.73. The molecule has 5 heteroatoms. The van der Waals surface area contributed by atoms with E-state index in [9.17, 15) is 9.59 Å². The van der Waals surface area contributed by atoms with Gasteiger partial charge in [0.2, 0.25) is 0 Å². The van der Waals surface area contributed by atoms with E-state index in [-0.39, 0.29) is 47.7 Å². The molecule has 3 aliphatic rings. The Morgan fingerprint density at radius 1 is 1.43 bits per heavy atom. The summed E-state index contributed by atoms with van der Waals surface area (Å²) >= 11 is 0. The van der Waals surface area contributed by atoms with E-state index < -0.39 is 0 Å². The molecule has 3 saturated heterocycles. The molecule has 3 fully saturated rings. The first-order valence-electron chi connectivity index (χ1n) is 8.76. The molecule has 0 aromatic heterocycles. The van der Waals surface area contributed by atoms with Crippen LogP contribution in [0.15, 0.2) is 12.2 Å². The van der Waals surface area contributed by atoms with Gasteiger partial charge in [0, 0.05) is 31.5 Å². The molecule has 3 rings (SSSR count). The van der Waals surface area contributed by atoms with Gasteiger partial charge in [0.05, 0.1) is 24.7 Å². The Hall–Kier alpha value is -1.20. The summed E-state index contributed by atoms with van der Waals surface area (Å²) in [5.41, 5.74) is -0.294. The normalized spacial score (nSPS) is 41.7. The van der Waals surface area contributed by atoms with Crippen LogP contribution in [-0.4, -0.2) is 54.6 Å². The molecule has 0 N–H and O–H groups in total. The van der Waals surface area contributed by atoms with Crippen LogP contribution in [0.4, 0.5) is 0 Å². The number of Topliss-reactive ketones (excluding diaryl/α,β-unsaturated/α-hetero) is 1. The summed E-state index contributed by atoms with van der Waals surface area (Å²) in [4.78, 5) is 27.5. The third-order valence-corrected chi connectivity index (χ3v) is 5.86. The number of hydrogen-bond donors (Lipinski definition) is 0. The largest absolute Gasteiger partial charge is 0.466 e. The first-order valence-corrected chi connectivity index (χ1v) is 8.76. The highest BCUT2D eigenvalue weighted by molar-refractivity contribution is 5.91. The van der Waals surface area contributed by atoms with E-state index in [0.717, 1.165) is 25.8 Å². The molecular weight excluding hydrogens is 294 g/mol. The summed E-state index contributed by atoms with van der Waals surface area (Å²) in [6, 6.07) is 0.0945. The predicted octanol–water partition coefficient (Wildman–Crippen LogP) is 1.95. The number of rotatable bonds is 6. The van der Waals surface area contributed by atoms with Crippen molar-refractivity contribution in [3.63, 3.8) is 0 Å². The lowest BCUT2D eigenvalue weighted by Gasteiger charge is -2.45. The van der Waals surface area contributed by atoms with Crippen molar-refractivity contribution in [2.75, 3.05) is 20.3 Å². The summed E-state index contributed by atoms with van der Waals surface area (Å²) in [5, 5.41) is 0. The minimum Gasteiger partial charge on any atom is -0.466 e. The molecule has 3 aliphatic heterocycles. The van der Waals surface area contributed by atoms with E-state index >= 15 is 0 Å². The van der Waals surface area contributed by atoms with Crippen LogP contribution in [0.1, 0.15) is 39.5 Å². The molecule has 0 spiro atoms. The Morgan fingerprint density at radius 2 is 2.22 bits per heavy atom. The molecule has 0 aromatic rings. The quantitative estimate of drug-likeness (QED) is 0.553. The SMILES string of the molecule is CC/C=C/[C@@]12[C@@H](OC)C[C@H]3[C@@H](CC(=O)OCC)C(=O)[C@@H]1CCN32. The molecule has 4 bridgehead atoms. The van der Waals surface area contributed by atoms with Gasteiger partial charge in [0.15, 0.2) is 0 Å². The second kappa shape index (κ2) is 6.36. The second-order valence-corrected chi connectivity index (χ2v) is 6.78. The first kappa shape index (κ1) is 16.7. The summed E-state index contributed by atoms with van der Waals surface area (Å²) in [7, 11) is 1.73. The highest BCUT2D eigenvalue weighted by atomic mass is 16.5. The summed E-state index contributed by atoms with van der Waals surface area (Å²) < 4.78 is 10.9. The van der Waals surface area contributed by atoms with Crippen molar-refractivity contribution in [1.82, 2.24) is 4.90 Å². The van der Waals surface area contributed by atoms with E-state index in [1.807, 2.05) is 0 Å². The maximum Gasteiger partial charge on any atom is 0.306 e. The lowest BCUT2D eigenvalue weighted by Crippen LogP contribution is -2.59. The van der Waals surface area contributed by atoms with Crippen molar-refractivity contribution in [2.45, 2.75) is 57.2 Å². The summed E-state index contributed by atoms with van der Waals surface area (Å²) in [5.74, 6) is -0.334. The maximum atomic E-state index is 13.1. The van der Waals surface area contributed by atoms with Gasteiger partial charge in [-0.2, -0.15) is 0 Å². The van der Waals surface area contributed by atoms with Crippen molar-refractivity contribution < 1.29 is 19.1 Å². The van der Waals surface area contributed by atoms with Crippen LogP contribution in [0, 0.1) is 11.8 Å². The molecule has 0 radical (unpaired) electrons. The first-order chi connectivity index (χ1) is 11.1. The molecule has 5 nitrogen and oxygen atoms in total. The van der Waals surface area contributed by atoms with E-state index in [2.05, 4.69) is 24.0 Å². The number of nitrogens with zero attached hydrogens (tertiary/aromatic N) is 1. The van der Waals surface area contributed by atoms with E-state index in [1.54, 1.807) is 14.0 Å². The maximum absolute atomic E-state index is 13.1. The van der Waals surface area contributed by atoms with Gasteiger partial charge in [-0.3, -0.25) is 14.5 Å². The number of piperidine rings is 1. The molecule has 0 saturated carbocycles. The molecule has 3 heterocycles. The summed E-state index contributed by atoms with van der Waals surface area (Å²) in [6.07, 6.45) is 7.21. The Labute approximate surface area is 138 Å². The zero-order chi connectivity index (χ0) is 16.6. The zero-order valence-corrected chi connectivity index (χ0v) is 14.3. The molecule has 1 unspecified atom stereocenters. The molecule has 6 atom stereocenters. The Morgan fingerprint density at radius 3 is 2.87 bits per heavy atom. The number of hydrogen-bond acceptors (Lipinski definition) is 5. The minimum absolute atomic E-state index is 0.0268. The monoisotopic (exact) mass is 321 g/mol. The fourth-order valence-electron chi connectivity index (χ4n) is 5.04. The van der Waals surface area contributed by atoms with Gasteiger partial charge in [0.25, 0.3) is 0 Å². The molecule has 0 aliphatic carbocycles. The van der Waals surface area contributed by atoms with Gasteiger partial charge in [-0.15, -0.1) is 0 Å². The third kappa shape index (κ3) is 2.36. The average Bonchev–Trinajstić information content (AvgIpc) is 2.98. The second-order valence-electron chi connectivity index (χ2n) is 6.78. The zero-order valence-electron chi connectivity index (χ0n) is 14.3. The fourth-order valence-corrected chi connectivity index (χ4v) is 5.04. The topological polar surface area (TPSA) is 55.8 Å². The van der Waals surface area contributed by atoms with Crippen molar-refractivity contribution in [3.05, 3.63) is 12.2 Å². The Kier molecular flexibility index (Phi) is 4.61. The Bertz CT molecular complexity index is 517. The number of ether oxygens (including phenoxy) is 2. The molecule has 0 aromatic carbocycles. The molecule has 128 valence electrons. The van der Waals surface area contributed by atoms with Crippen LogP contribution in [0.5, 0.6) is 0 Å². The average molecular weight is 321 g/mol. The lowest BCUT2D eigenvalue weighted by molar-refractivity contribution is -0.150. The van der Waals surface area contributed by atoms with Crippen LogP contribution in [0.3, 0.4) is 0 Å². The van der Waals surface area contributed by atoms with Crippen LogP contribution in [0.25, 0.3) is 0 Å². The number of methoxy groups -OCH3 is 1.